The van der Waals surface area contributed by atoms with Crippen molar-refractivity contribution in [1.29, 1.82) is 0 Å². The van der Waals surface area contributed by atoms with Crippen LogP contribution in [0.4, 0.5) is 5.69 Å². The SMILES string of the molecule is C=C(/C=C(\C1=C[CH]1)C1=CC=CC=C=C1)C(=O)NCCC1[C@H]2CN(c3ccccc3)C[C@@H]12.CC.CC.[HH]. The molecule has 1 radical (unpaired) electrons. The number of anilines is 1. The summed E-state index contributed by atoms with van der Waals surface area (Å²) in [6.45, 7) is 15.0. The van der Waals surface area contributed by atoms with Gasteiger partial charge in [-0.2, -0.15) is 0 Å². The first kappa shape index (κ1) is 26.3. The molecule has 2 fully saturated rings. The summed E-state index contributed by atoms with van der Waals surface area (Å²) in [6, 6.07) is 10.7. The fourth-order valence-electron chi connectivity index (χ4n) is 4.81. The van der Waals surface area contributed by atoms with Gasteiger partial charge in [-0.05, 0) is 71.3 Å². The quantitative estimate of drug-likeness (QED) is 0.252. The van der Waals surface area contributed by atoms with Gasteiger partial charge in [0, 0.05) is 38.7 Å². The summed E-state index contributed by atoms with van der Waals surface area (Å²) in [5.74, 6) is 2.21. The third-order valence-electron chi connectivity index (χ3n) is 6.64. The lowest BCUT2D eigenvalue weighted by Crippen LogP contribution is -2.28. The Hall–Kier alpha value is -3.29. The number of carbonyl (C=O) groups is 1. The molecule has 1 saturated heterocycles. The van der Waals surface area contributed by atoms with Gasteiger partial charge in [0.25, 0.3) is 5.91 Å². The molecule has 0 bridgehead atoms. The Morgan fingerprint density at radius 2 is 1.77 bits per heavy atom. The van der Waals surface area contributed by atoms with Crippen LogP contribution in [0.3, 0.4) is 0 Å². The van der Waals surface area contributed by atoms with Crippen molar-refractivity contribution < 1.29 is 6.22 Å². The van der Waals surface area contributed by atoms with E-state index >= 15 is 0 Å². The van der Waals surface area contributed by atoms with Crippen LogP contribution < -0.4 is 10.2 Å². The lowest BCUT2D eigenvalue weighted by Gasteiger charge is -2.22. The molecule has 3 atom stereocenters. The minimum absolute atomic E-state index is 0. The van der Waals surface area contributed by atoms with Gasteiger partial charge in [0.05, 0.1) is 0 Å². The van der Waals surface area contributed by atoms with Gasteiger partial charge in [0.1, 0.15) is 0 Å². The summed E-state index contributed by atoms with van der Waals surface area (Å²) in [6.07, 6.45) is 16.8. The number of nitrogens with one attached hydrogen (secondary N) is 1. The van der Waals surface area contributed by atoms with Crippen molar-refractivity contribution >= 4 is 11.6 Å². The van der Waals surface area contributed by atoms with Gasteiger partial charge < -0.3 is 10.2 Å². The Bertz CT molecular complexity index is 1070. The molecule has 0 aromatic heterocycles. The molecule has 1 aliphatic heterocycles. The molecule has 1 unspecified atom stereocenters. The number of rotatable bonds is 8. The second-order valence-corrected chi connectivity index (χ2v) is 8.63. The van der Waals surface area contributed by atoms with E-state index in [9.17, 15) is 4.79 Å². The zero-order valence-corrected chi connectivity index (χ0v) is 21.6. The molecule has 1 heterocycles. The van der Waals surface area contributed by atoms with Gasteiger partial charge in [0.15, 0.2) is 0 Å². The highest BCUT2D eigenvalue weighted by molar-refractivity contribution is 5.96. The highest BCUT2D eigenvalue weighted by Crippen LogP contribution is 2.54. The van der Waals surface area contributed by atoms with Crippen LogP contribution in [-0.4, -0.2) is 25.5 Å². The van der Waals surface area contributed by atoms with E-state index in [4.69, 9.17) is 0 Å². The van der Waals surface area contributed by atoms with Crippen LogP contribution in [0, 0.1) is 24.2 Å². The number of hydrogen-bond acceptors (Lipinski definition) is 2. The third-order valence-corrected chi connectivity index (χ3v) is 6.64. The zero-order valence-electron chi connectivity index (χ0n) is 21.6. The first-order chi connectivity index (χ1) is 17.2. The molecule has 3 heteroatoms. The van der Waals surface area contributed by atoms with Gasteiger partial charge in [-0.3, -0.25) is 4.79 Å². The monoisotopic (exact) mass is 469 g/mol. The second kappa shape index (κ2) is 13.0. The second-order valence-electron chi connectivity index (χ2n) is 8.63. The van der Waals surface area contributed by atoms with Gasteiger partial charge in [0.2, 0.25) is 0 Å². The van der Waals surface area contributed by atoms with E-state index in [-0.39, 0.29) is 7.33 Å². The minimum Gasteiger partial charge on any atom is -0.371 e. The van der Waals surface area contributed by atoms with E-state index < -0.39 is 0 Å². The number of benzene rings is 1. The van der Waals surface area contributed by atoms with Crippen LogP contribution in [0.15, 0.2) is 107 Å². The van der Waals surface area contributed by atoms with E-state index in [1.807, 2.05) is 64.2 Å². The van der Waals surface area contributed by atoms with E-state index in [0.717, 1.165) is 54.0 Å². The molecule has 3 nitrogen and oxygen atoms in total. The summed E-state index contributed by atoms with van der Waals surface area (Å²) in [4.78, 5) is 15.1. The lowest BCUT2D eigenvalue weighted by molar-refractivity contribution is -0.117. The Labute approximate surface area is 213 Å². The lowest BCUT2D eigenvalue weighted by atomic mass is 10.00. The average molecular weight is 470 g/mol. The standard InChI is InChI=1S/C28H27N2O.2C2H6.H2/c1-20(17-25(22-13-14-22)21-9-5-2-3-6-10-21)28(31)29-16-15-24-26-18-30(19-27(24)26)23-11-7-4-8-12-23;2*1-2;/h2-5,7-14,17,24,26-27H,1,15-16,18-19H2,(H,29,31);2*1-2H3;1H/b25-17-;;;/t24?,26-,27+;;;. The van der Waals surface area contributed by atoms with Gasteiger partial charge in [-0.15, -0.1) is 5.73 Å². The molecule has 4 aliphatic rings. The summed E-state index contributed by atoms with van der Waals surface area (Å²) >= 11 is 0. The maximum absolute atomic E-state index is 12.6. The maximum Gasteiger partial charge on any atom is 0.250 e. The van der Waals surface area contributed by atoms with E-state index in [1.54, 1.807) is 0 Å². The normalized spacial score (nSPS) is 22.9. The molecule has 5 rings (SSSR count). The number of amides is 1. The van der Waals surface area contributed by atoms with Crippen LogP contribution in [0.5, 0.6) is 0 Å². The Kier molecular flexibility index (Phi) is 9.76. The fourth-order valence-corrected chi connectivity index (χ4v) is 4.81. The van der Waals surface area contributed by atoms with Crippen molar-refractivity contribution in [2.24, 2.45) is 17.8 Å². The molecule has 1 aromatic rings. The fraction of sp³-hybridized carbons (Fsp3) is 0.344. The molecule has 1 saturated carbocycles. The predicted molar refractivity (Wildman–Crippen MR) is 151 cm³/mol. The first-order valence-corrected chi connectivity index (χ1v) is 13.0. The number of hydrogen-bond donors (Lipinski definition) is 1. The number of allylic oxidation sites excluding steroid dienone is 8. The van der Waals surface area contributed by atoms with Crippen LogP contribution in [0.25, 0.3) is 0 Å². The largest absolute Gasteiger partial charge is 0.371 e. The molecule has 1 aromatic carbocycles. The molecule has 0 spiro atoms. The maximum atomic E-state index is 12.6. The molecule has 3 aliphatic carbocycles. The molecule has 185 valence electrons. The topological polar surface area (TPSA) is 32.3 Å². The van der Waals surface area contributed by atoms with Crippen molar-refractivity contribution in [2.75, 3.05) is 24.5 Å². The molecule has 1 N–H and O–H groups in total. The van der Waals surface area contributed by atoms with Crippen molar-refractivity contribution in [3.05, 3.63) is 114 Å². The molecular weight excluding hydrogens is 428 g/mol. The Morgan fingerprint density at radius 3 is 2.43 bits per heavy atom. The third kappa shape index (κ3) is 6.87. The first-order valence-electron chi connectivity index (χ1n) is 13.0. The van der Waals surface area contributed by atoms with E-state index in [2.05, 4.69) is 65.4 Å². The molecule has 1 amide bonds. The average Bonchev–Trinajstić information content (AvgIpc) is 3.83. The summed E-state index contributed by atoms with van der Waals surface area (Å²) in [5, 5.41) is 3.07. The van der Waals surface area contributed by atoms with Crippen molar-refractivity contribution in [1.82, 2.24) is 5.32 Å². The van der Waals surface area contributed by atoms with Crippen molar-refractivity contribution in [3.8, 4) is 0 Å². The Balaban J connectivity index is 0.000000871. The van der Waals surface area contributed by atoms with Gasteiger partial charge >= 0.3 is 0 Å². The highest BCUT2D eigenvalue weighted by atomic mass is 16.1. The van der Waals surface area contributed by atoms with Gasteiger partial charge in [-0.25, -0.2) is 0 Å². The predicted octanol–water partition coefficient (Wildman–Crippen LogP) is 7.01. The van der Waals surface area contributed by atoms with Crippen LogP contribution in [-0.2, 0) is 4.79 Å². The van der Waals surface area contributed by atoms with Crippen LogP contribution in [0.1, 0.15) is 35.5 Å². The van der Waals surface area contributed by atoms with Crippen LogP contribution >= 0.6 is 0 Å². The summed E-state index contributed by atoms with van der Waals surface area (Å²) < 4.78 is 0. The van der Waals surface area contributed by atoms with E-state index in [0.29, 0.717) is 12.1 Å². The molecule has 35 heavy (non-hydrogen) atoms. The van der Waals surface area contributed by atoms with Crippen molar-refractivity contribution in [2.45, 2.75) is 34.1 Å². The van der Waals surface area contributed by atoms with Crippen molar-refractivity contribution in [3.63, 3.8) is 0 Å². The number of nitrogens with zero attached hydrogens (tertiary/aromatic N) is 1. The Morgan fingerprint density at radius 1 is 1.09 bits per heavy atom. The number of fused-ring (bicyclic) bond motifs is 1. The summed E-state index contributed by atoms with van der Waals surface area (Å²) in [7, 11) is 0. The van der Waals surface area contributed by atoms with Gasteiger partial charge in [-0.1, -0.05) is 76.8 Å². The number of piperidine rings is 1. The highest BCUT2D eigenvalue weighted by Gasteiger charge is 2.54. The molecular formula is C32H41N2O. The van der Waals surface area contributed by atoms with Crippen LogP contribution in [0.2, 0.25) is 0 Å². The number of para-hydroxylation sites is 1. The smallest absolute Gasteiger partial charge is 0.250 e. The summed E-state index contributed by atoms with van der Waals surface area (Å²) in [5.41, 5.74) is 8.14. The zero-order chi connectivity index (χ0) is 25.2. The van der Waals surface area contributed by atoms with E-state index in [1.165, 1.54) is 5.69 Å². The number of carbonyl (C=O) groups excluding carboxylic acids is 1. The minimum atomic E-state index is -0.0836.